The molecule has 6 aromatic rings. The molecule has 0 heterocycles. The summed E-state index contributed by atoms with van der Waals surface area (Å²) in [6.07, 6.45) is 0. The van der Waals surface area contributed by atoms with Crippen molar-refractivity contribution in [2.45, 2.75) is 13.8 Å². The van der Waals surface area contributed by atoms with Gasteiger partial charge >= 0.3 is 0 Å². The van der Waals surface area contributed by atoms with Crippen molar-refractivity contribution < 1.29 is 0 Å². The molecule has 0 N–H and O–H groups in total. The van der Waals surface area contributed by atoms with Gasteiger partial charge in [0.05, 0.1) is 5.69 Å². The van der Waals surface area contributed by atoms with Crippen LogP contribution in [0, 0.1) is 13.8 Å². The van der Waals surface area contributed by atoms with Crippen molar-refractivity contribution >= 4 is 17.1 Å². The van der Waals surface area contributed by atoms with E-state index in [2.05, 4.69) is 158 Å². The van der Waals surface area contributed by atoms with Gasteiger partial charge in [0, 0.05) is 16.9 Å². The molecular formula is C38H29N. The summed E-state index contributed by atoms with van der Waals surface area (Å²) in [5.74, 6) is 0. The van der Waals surface area contributed by atoms with Gasteiger partial charge < -0.3 is 4.90 Å². The van der Waals surface area contributed by atoms with E-state index in [1.807, 2.05) is 0 Å². The molecular weight excluding hydrogens is 470 g/mol. The summed E-state index contributed by atoms with van der Waals surface area (Å²) in [5, 5.41) is 0. The van der Waals surface area contributed by atoms with Gasteiger partial charge in [-0.1, -0.05) is 120 Å². The monoisotopic (exact) mass is 499 g/mol. The van der Waals surface area contributed by atoms with E-state index in [0.29, 0.717) is 0 Å². The number of rotatable bonds is 3. The average molecular weight is 500 g/mol. The van der Waals surface area contributed by atoms with E-state index in [4.69, 9.17) is 0 Å². The molecule has 1 heteroatoms. The fourth-order valence-corrected chi connectivity index (χ4v) is 5.77. The Labute approximate surface area is 230 Å². The number of nitrogens with zero attached hydrogens (tertiary/aromatic N) is 1. The lowest BCUT2D eigenvalue weighted by molar-refractivity contribution is 1.26. The fraction of sp³-hybridized carbons (Fsp3) is 0.0526. The minimum Gasteiger partial charge on any atom is -0.310 e. The number of benzene rings is 6. The molecule has 6 aromatic carbocycles. The molecule has 2 aliphatic carbocycles. The molecule has 186 valence electrons. The molecule has 0 bridgehead atoms. The normalized spacial score (nSPS) is 11.3. The van der Waals surface area contributed by atoms with E-state index in [0.717, 1.165) is 0 Å². The zero-order valence-electron chi connectivity index (χ0n) is 22.2. The highest BCUT2D eigenvalue weighted by atomic mass is 15.1. The number of hydrogen-bond acceptors (Lipinski definition) is 1. The lowest BCUT2D eigenvalue weighted by Gasteiger charge is -2.33. The Morgan fingerprint density at radius 1 is 0.333 bits per heavy atom. The Bertz CT molecular complexity index is 1660. The Hall–Kier alpha value is -4.88. The summed E-state index contributed by atoms with van der Waals surface area (Å²) >= 11 is 0. The van der Waals surface area contributed by atoms with Crippen LogP contribution in [0.25, 0.3) is 44.5 Å². The standard InChI is InChI=1S/C26H21N.C12H8/c1-18-10-14-20(15-11-18)27(21-16-12-19(2)13-17-21)25-9-5-8-24-22-6-3-4-7-23(22)26(24)25;1-2-6-10-9(5-1)11-7-3-4-8-12(10)11/h3-17H,1-2H3;1-8H. The predicted octanol–water partition coefficient (Wildman–Crippen LogP) is 10.8. The Morgan fingerprint density at radius 2 is 0.692 bits per heavy atom. The van der Waals surface area contributed by atoms with E-state index >= 15 is 0 Å². The van der Waals surface area contributed by atoms with Crippen molar-refractivity contribution in [2.75, 3.05) is 4.90 Å². The van der Waals surface area contributed by atoms with E-state index in [1.165, 1.54) is 72.7 Å². The molecule has 8 rings (SSSR count). The molecule has 0 spiro atoms. The third kappa shape index (κ3) is 3.95. The van der Waals surface area contributed by atoms with Gasteiger partial charge in [0.25, 0.3) is 0 Å². The van der Waals surface area contributed by atoms with Gasteiger partial charge in [0.15, 0.2) is 0 Å². The molecule has 2 aliphatic rings. The minimum atomic E-state index is 1.18. The summed E-state index contributed by atoms with van der Waals surface area (Å²) in [7, 11) is 0. The number of aryl methyl sites for hydroxylation is 2. The molecule has 0 atom stereocenters. The highest BCUT2D eigenvalue weighted by Crippen LogP contribution is 2.54. The first-order valence-corrected chi connectivity index (χ1v) is 13.5. The summed E-state index contributed by atoms with van der Waals surface area (Å²) in [4.78, 5) is 2.37. The second-order valence-electron chi connectivity index (χ2n) is 10.3. The van der Waals surface area contributed by atoms with Crippen molar-refractivity contribution in [3.63, 3.8) is 0 Å². The van der Waals surface area contributed by atoms with Gasteiger partial charge in [-0.15, -0.1) is 0 Å². The lowest BCUT2D eigenvalue weighted by Crippen LogP contribution is -2.13. The van der Waals surface area contributed by atoms with Crippen LogP contribution in [-0.4, -0.2) is 0 Å². The summed E-state index contributed by atoms with van der Waals surface area (Å²) in [5.41, 5.74) is 17.1. The predicted molar refractivity (Wildman–Crippen MR) is 166 cm³/mol. The van der Waals surface area contributed by atoms with Crippen LogP contribution < -0.4 is 4.90 Å². The maximum atomic E-state index is 2.37. The number of fused-ring (bicyclic) bond motifs is 8. The first kappa shape index (κ1) is 23.3. The first-order valence-electron chi connectivity index (χ1n) is 13.5. The number of anilines is 3. The van der Waals surface area contributed by atoms with Crippen molar-refractivity contribution in [3.05, 3.63) is 151 Å². The Kier molecular flexibility index (Phi) is 5.64. The van der Waals surface area contributed by atoms with Crippen molar-refractivity contribution in [2.24, 2.45) is 0 Å². The molecule has 0 amide bonds. The first-order chi connectivity index (χ1) is 19.2. The molecule has 0 saturated heterocycles. The van der Waals surface area contributed by atoms with Crippen LogP contribution in [-0.2, 0) is 0 Å². The van der Waals surface area contributed by atoms with E-state index < -0.39 is 0 Å². The lowest BCUT2D eigenvalue weighted by atomic mass is 9.79. The van der Waals surface area contributed by atoms with Crippen molar-refractivity contribution in [3.8, 4) is 44.5 Å². The Morgan fingerprint density at radius 3 is 1.13 bits per heavy atom. The minimum absolute atomic E-state index is 1.18. The maximum absolute atomic E-state index is 2.37. The quantitative estimate of drug-likeness (QED) is 0.234. The topological polar surface area (TPSA) is 3.24 Å². The summed E-state index contributed by atoms with van der Waals surface area (Å²) in [6, 6.07) is 49.9. The van der Waals surface area contributed by atoms with Crippen LogP contribution in [0.5, 0.6) is 0 Å². The molecule has 39 heavy (non-hydrogen) atoms. The zero-order chi connectivity index (χ0) is 26.3. The van der Waals surface area contributed by atoms with E-state index in [1.54, 1.807) is 0 Å². The van der Waals surface area contributed by atoms with Crippen LogP contribution in [0.2, 0.25) is 0 Å². The average Bonchev–Trinajstić information content (AvgIpc) is 2.97. The van der Waals surface area contributed by atoms with Crippen LogP contribution in [0.15, 0.2) is 140 Å². The molecule has 0 aliphatic heterocycles. The third-order valence-electron chi connectivity index (χ3n) is 7.79. The van der Waals surface area contributed by atoms with Gasteiger partial charge in [0.1, 0.15) is 0 Å². The third-order valence-corrected chi connectivity index (χ3v) is 7.79. The van der Waals surface area contributed by atoms with Gasteiger partial charge in [-0.25, -0.2) is 0 Å². The van der Waals surface area contributed by atoms with Gasteiger partial charge in [-0.05, 0) is 83.1 Å². The van der Waals surface area contributed by atoms with Gasteiger partial charge in [-0.2, -0.15) is 0 Å². The molecule has 1 nitrogen and oxygen atoms in total. The van der Waals surface area contributed by atoms with Gasteiger partial charge in [0.2, 0.25) is 0 Å². The summed E-state index contributed by atoms with van der Waals surface area (Å²) in [6.45, 7) is 4.26. The smallest absolute Gasteiger partial charge is 0.0546 e. The second-order valence-corrected chi connectivity index (χ2v) is 10.3. The van der Waals surface area contributed by atoms with Crippen molar-refractivity contribution in [1.29, 1.82) is 0 Å². The van der Waals surface area contributed by atoms with Crippen LogP contribution >= 0.6 is 0 Å². The molecule has 0 aromatic heterocycles. The Balaban J connectivity index is 0.000000174. The van der Waals surface area contributed by atoms with Crippen LogP contribution in [0.1, 0.15) is 11.1 Å². The molecule has 0 unspecified atom stereocenters. The molecule has 0 radical (unpaired) electrons. The van der Waals surface area contributed by atoms with Gasteiger partial charge in [-0.3, -0.25) is 0 Å². The SMILES string of the molecule is Cc1ccc(N(c2ccc(C)cc2)c2cccc3c2-c2ccccc2-3)cc1.c1ccc2c(c1)-c1ccccc1-2. The van der Waals surface area contributed by atoms with Crippen LogP contribution in [0.3, 0.4) is 0 Å². The maximum Gasteiger partial charge on any atom is 0.0546 e. The van der Waals surface area contributed by atoms with Crippen molar-refractivity contribution in [1.82, 2.24) is 0 Å². The highest BCUT2D eigenvalue weighted by Gasteiger charge is 2.28. The molecule has 0 fully saturated rings. The number of hydrogen-bond donors (Lipinski definition) is 0. The second kappa shape index (κ2) is 9.45. The van der Waals surface area contributed by atoms with Crippen LogP contribution in [0.4, 0.5) is 17.1 Å². The molecule has 0 saturated carbocycles. The highest BCUT2D eigenvalue weighted by molar-refractivity contribution is 6.09. The fourth-order valence-electron chi connectivity index (χ4n) is 5.77. The summed E-state index contributed by atoms with van der Waals surface area (Å²) < 4.78 is 0. The zero-order valence-corrected chi connectivity index (χ0v) is 22.2. The van der Waals surface area contributed by atoms with E-state index in [-0.39, 0.29) is 0 Å². The van der Waals surface area contributed by atoms with E-state index in [9.17, 15) is 0 Å². The largest absolute Gasteiger partial charge is 0.310 e.